The van der Waals surface area contributed by atoms with Crippen LogP contribution in [-0.4, -0.2) is 25.8 Å². The molecule has 6 rings (SSSR count). The Morgan fingerprint density at radius 1 is 0.907 bits per heavy atom. The molecule has 0 spiro atoms. The fourth-order valence-electron chi connectivity index (χ4n) is 4.40. The van der Waals surface area contributed by atoms with Gasteiger partial charge >= 0.3 is 0 Å². The zero-order valence-electron chi connectivity index (χ0n) is 25.3. The summed E-state index contributed by atoms with van der Waals surface area (Å²) in [5.41, 5.74) is 7.15. The van der Waals surface area contributed by atoms with Crippen molar-refractivity contribution in [2.75, 3.05) is 0 Å². The number of ketones is 1. The number of fused-ring (bicyclic) bond motifs is 4. The fourth-order valence-corrected chi connectivity index (χ4v) is 6.14. The number of thiazole rings is 1. The van der Waals surface area contributed by atoms with E-state index in [-0.39, 0.29) is 37.1 Å². The molecule has 3 aromatic heterocycles. The first-order valence-electron chi connectivity index (χ1n) is 13.8. The molecule has 0 amide bonds. The number of aliphatic hydroxyl groups is 1. The molecule has 0 unspecified atom stereocenters. The summed E-state index contributed by atoms with van der Waals surface area (Å²) in [6.45, 7) is 13.2. The Morgan fingerprint density at radius 3 is 2.33 bits per heavy atom. The normalized spacial score (nSPS) is 12.2. The molecule has 5 nitrogen and oxygen atoms in total. The minimum Gasteiger partial charge on any atom is -0.512 e. The Hall–Kier alpha value is -3.29. The molecule has 0 saturated heterocycles. The third-order valence-corrected chi connectivity index (χ3v) is 8.71. The van der Waals surface area contributed by atoms with Gasteiger partial charge in [-0.15, -0.1) is 34.6 Å². The van der Waals surface area contributed by atoms with E-state index in [1.807, 2.05) is 47.1 Å². The monoisotopic (exact) mass is 785 g/mol. The van der Waals surface area contributed by atoms with Gasteiger partial charge in [0.15, 0.2) is 5.78 Å². The standard InChI is InChI=1S/C24H14N3S2.C11H20O2.Ir/c1-14-8-18-16-4-2-3-5-22(16)29-24(18)19(9-14)23-17-7-6-15(21-11-28-13-27-21)10-20(17)25-12-26-23;1-10(2,3)8(12)7-9(13)11(4,5)6;/h2-8,10-13H,1H3;7,12H,1-6H3;/q-1;;. The Kier molecular flexibility index (Phi) is 9.67. The number of aryl methyl sites for hydroxylation is 1. The summed E-state index contributed by atoms with van der Waals surface area (Å²) in [7, 11) is 0. The summed E-state index contributed by atoms with van der Waals surface area (Å²) in [5.74, 6) is 0.104. The van der Waals surface area contributed by atoms with Crippen LogP contribution in [0, 0.1) is 23.8 Å². The van der Waals surface area contributed by atoms with E-state index in [9.17, 15) is 9.90 Å². The van der Waals surface area contributed by atoms with Gasteiger partial charge in [0.25, 0.3) is 0 Å². The van der Waals surface area contributed by atoms with Gasteiger partial charge in [-0.1, -0.05) is 84.2 Å². The van der Waals surface area contributed by atoms with Crippen molar-refractivity contribution in [3.63, 3.8) is 0 Å². The average Bonchev–Trinajstić information content (AvgIpc) is 3.60. The van der Waals surface area contributed by atoms with Crippen molar-refractivity contribution < 1.29 is 30.0 Å². The second-order valence-corrected chi connectivity index (χ2v) is 14.2. The first-order chi connectivity index (χ1) is 19.8. The predicted molar refractivity (Wildman–Crippen MR) is 177 cm³/mol. The SMILES string of the molecule is CC(C)(C)C(=O)C=C(O)C(C)(C)C.Cc1[c-]c(-c2ncnc3cc(-c4cscn4)ccc23)c2sc3ccccc3c2c1.[Ir]. The molecular weight excluding hydrogens is 751 g/mol. The van der Waals surface area contributed by atoms with E-state index in [0.29, 0.717) is 0 Å². The van der Waals surface area contributed by atoms with Crippen LogP contribution in [0.1, 0.15) is 47.1 Å². The fraction of sp³-hybridized carbons (Fsp3) is 0.257. The van der Waals surface area contributed by atoms with Gasteiger partial charge in [0.2, 0.25) is 0 Å². The number of allylic oxidation sites excluding steroid dienone is 2. The number of nitrogens with zero attached hydrogens (tertiary/aromatic N) is 3. The van der Waals surface area contributed by atoms with Gasteiger partial charge in [-0.3, -0.25) is 9.78 Å². The van der Waals surface area contributed by atoms with Gasteiger partial charge in [-0.05, 0) is 27.6 Å². The van der Waals surface area contributed by atoms with Crippen LogP contribution in [0.4, 0.5) is 0 Å². The van der Waals surface area contributed by atoms with Crippen molar-refractivity contribution in [2.45, 2.75) is 48.5 Å². The minimum atomic E-state index is -0.417. The summed E-state index contributed by atoms with van der Waals surface area (Å²) in [5, 5.41) is 15.2. The number of rotatable bonds is 3. The number of carbonyl (C=O) groups excluding carboxylic acids is 1. The molecule has 1 N–H and O–H groups in total. The molecule has 3 heterocycles. The second-order valence-electron chi connectivity index (χ2n) is 12.4. The van der Waals surface area contributed by atoms with Crippen LogP contribution in [-0.2, 0) is 24.9 Å². The van der Waals surface area contributed by atoms with Gasteiger partial charge < -0.3 is 5.11 Å². The van der Waals surface area contributed by atoms with Gasteiger partial charge in [-0.25, -0.2) is 9.97 Å². The maximum Gasteiger partial charge on any atom is 0.164 e. The van der Waals surface area contributed by atoms with E-state index in [0.717, 1.165) is 39.0 Å². The molecule has 0 aliphatic rings. The van der Waals surface area contributed by atoms with Crippen LogP contribution in [0.15, 0.2) is 77.6 Å². The van der Waals surface area contributed by atoms with Crippen molar-refractivity contribution in [1.29, 1.82) is 0 Å². The molecule has 0 saturated carbocycles. The largest absolute Gasteiger partial charge is 0.512 e. The third kappa shape index (κ3) is 7.10. The number of benzene rings is 3. The van der Waals surface area contributed by atoms with Crippen molar-refractivity contribution >= 4 is 59.5 Å². The summed E-state index contributed by atoms with van der Waals surface area (Å²) >= 11 is 3.40. The number of hydrogen-bond acceptors (Lipinski definition) is 7. The van der Waals surface area contributed by atoms with E-state index < -0.39 is 5.41 Å². The van der Waals surface area contributed by atoms with Crippen molar-refractivity contribution in [2.24, 2.45) is 10.8 Å². The maximum atomic E-state index is 11.5. The first-order valence-corrected chi connectivity index (χ1v) is 15.5. The predicted octanol–water partition coefficient (Wildman–Crippen LogP) is 9.98. The Morgan fingerprint density at radius 2 is 1.65 bits per heavy atom. The molecule has 0 aliphatic heterocycles. The number of hydrogen-bond donors (Lipinski definition) is 1. The number of aromatic nitrogens is 3. The molecule has 0 bridgehead atoms. The van der Waals surface area contributed by atoms with E-state index in [2.05, 4.69) is 81.9 Å². The number of aliphatic hydroxyl groups excluding tert-OH is 1. The quantitative estimate of drug-likeness (QED) is 0.110. The second kappa shape index (κ2) is 12.7. The summed E-state index contributed by atoms with van der Waals surface area (Å²) in [4.78, 5) is 25.1. The van der Waals surface area contributed by atoms with Crippen LogP contribution in [0.2, 0.25) is 0 Å². The Balaban J connectivity index is 0.000000260. The summed E-state index contributed by atoms with van der Waals surface area (Å²) in [6.07, 6.45) is 2.98. The summed E-state index contributed by atoms with van der Waals surface area (Å²) in [6, 6.07) is 20.6. The number of carbonyl (C=O) groups is 1. The van der Waals surface area contributed by atoms with E-state index in [1.165, 1.54) is 26.2 Å². The van der Waals surface area contributed by atoms with Crippen LogP contribution >= 0.6 is 22.7 Å². The Bertz CT molecular complexity index is 1950. The van der Waals surface area contributed by atoms with Crippen LogP contribution in [0.3, 0.4) is 0 Å². The maximum absolute atomic E-state index is 11.5. The van der Waals surface area contributed by atoms with Crippen LogP contribution < -0.4 is 0 Å². The number of thiophene rings is 1. The minimum absolute atomic E-state index is 0. The zero-order valence-corrected chi connectivity index (χ0v) is 29.3. The van der Waals surface area contributed by atoms with Gasteiger partial charge in [0.05, 0.1) is 16.7 Å². The summed E-state index contributed by atoms with van der Waals surface area (Å²) < 4.78 is 2.51. The first kappa shape index (κ1) is 32.6. The van der Waals surface area contributed by atoms with E-state index in [4.69, 9.17) is 0 Å². The molecule has 0 atom stereocenters. The van der Waals surface area contributed by atoms with Gasteiger partial charge in [-0.2, -0.15) is 11.3 Å². The Labute approximate surface area is 274 Å². The van der Waals surface area contributed by atoms with Crippen molar-refractivity contribution in [3.05, 3.63) is 89.2 Å². The van der Waals surface area contributed by atoms with E-state index >= 15 is 0 Å². The van der Waals surface area contributed by atoms with Crippen LogP contribution in [0.25, 0.3) is 53.6 Å². The third-order valence-electron chi connectivity index (χ3n) is 6.92. The molecule has 223 valence electrons. The smallest absolute Gasteiger partial charge is 0.164 e. The molecule has 43 heavy (non-hydrogen) atoms. The van der Waals surface area contributed by atoms with Gasteiger partial charge in [0, 0.05) is 58.3 Å². The molecule has 8 heteroatoms. The molecule has 3 aromatic carbocycles. The van der Waals surface area contributed by atoms with Crippen LogP contribution in [0.5, 0.6) is 0 Å². The van der Waals surface area contributed by atoms with Gasteiger partial charge in [0.1, 0.15) is 12.1 Å². The zero-order chi connectivity index (χ0) is 30.2. The average molecular weight is 785 g/mol. The molecule has 1 radical (unpaired) electrons. The molecule has 0 fully saturated rings. The molecule has 6 aromatic rings. The molecule has 0 aliphatic carbocycles. The topological polar surface area (TPSA) is 76.0 Å². The molecular formula is C35H34IrN3O2S2-. The van der Waals surface area contributed by atoms with Crippen molar-refractivity contribution in [3.8, 4) is 22.5 Å². The van der Waals surface area contributed by atoms with E-state index in [1.54, 1.807) is 29.0 Å². The van der Waals surface area contributed by atoms with Crippen molar-refractivity contribution in [1.82, 2.24) is 15.0 Å².